The van der Waals surface area contributed by atoms with Gasteiger partial charge in [0, 0.05) is 28.8 Å². The first-order valence-electron chi connectivity index (χ1n) is 7.95. The number of nitrogens with one attached hydrogen (secondary N) is 2. The van der Waals surface area contributed by atoms with Crippen LogP contribution < -0.4 is 10.6 Å². The summed E-state index contributed by atoms with van der Waals surface area (Å²) in [5.74, 6) is -0.256. The number of carbonyl (C=O) groups is 2. The highest BCUT2D eigenvalue weighted by atomic mass is 32.2. The zero-order chi connectivity index (χ0) is 17.4. The number of hydrogen-bond acceptors (Lipinski definition) is 3. The highest BCUT2D eigenvalue weighted by Crippen LogP contribution is 2.26. The summed E-state index contributed by atoms with van der Waals surface area (Å²) in [7, 11) is 0. The molecule has 4 nitrogen and oxygen atoms in total. The molecule has 0 saturated carbocycles. The van der Waals surface area contributed by atoms with Gasteiger partial charge in [-0.1, -0.05) is 44.2 Å². The normalized spacial score (nSPS) is 10.5. The summed E-state index contributed by atoms with van der Waals surface area (Å²) in [5.41, 5.74) is 1.29. The average Bonchev–Trinajstić information content (AvgIpc) is 2.59. The van der Waals surface area contributed by atoms with Crippen molar-refractivity contribution in [2.75, 3.05) is 13.1 Å². The zero-order valence-corrected chi connectivity index (χ0v) is 14.7. The highest BCUT2D eigenvalue weighted by molar-refractivity contribution is 8.00. The fourth-order valence-corrected chi connectivity index (χ4v) is 3.10. The van der Waals surface area contributed by atoms with Crippen LogP contribution in [0.1, 0.15) is 34.6 Å². The molecule has 2 amide bonds. The topological polar surface area (TPSA) is 58.2 Å². The van der Waals surface area contributed by atoms with Gasteiger partial charge in [0.2, 0.25) is 0 Å². The molecular weight excluding hydrogens is 320 g/mol. The Balaban J connectivity index is 1.83. The van der Waals surface area contributed by atoms with E-state index in [9.17, 15) is 9.59 Å². The second-order valence-electron chi connectivity index (χ2n) is 5.54. The Hall–Kier alpha value is -2.27. The molecule has 0 heterocycles. The molecule has 0 aliphatic heterocycles. The molecule has 5 heteroatoms. The van der Waals surface area contributed by atoms with Gasteiger partial charge in [-0.15, -0.1) is 11.8 Å². The van der Waals surface area contributed by atoms with Gasteiger partial charge in [0.25, 0.3) is 11.8 Å². The first kappa shape index (κ1) is 18.1. The van der Waals surface area contributed by atoms with Gasteiger partial charge in [-0.3, -0.25) is 9.59 Å². The summed E-state index contributed by atoms with van der Waals surface area (Å²) in [6.45, 7) is 4.97. The van der Waals surface area contributed by atoms with E-state index in [2.05, 4.69) is 24.5 Å². The molecule has 0 bridgehead atoms. The molecule has 0 aliphatic carbocycles. The summed E-state index contributed by atoms with van der Waals surface area (Å²) < 4.78 is 0. The molecular formula is C19H22N2O2S. The van der Waals surface area contributed by atoms with Crippen molar-refractivity contribution >= 4 is 23.6 Å². The van der Waals surface area contributed by atoms with E-state index in [1.807, 2.05) is 42.5 Å². The van der Waals surface area contributed by atoms with Crippen molar-refractivity contribution < 1.29 is 9.59 Å². The summed E-state index contributed by atoms with van der Waals surface area (Å²) >= 11 is 1.66. The molecule has 0 unspecified atom stereocenters. The smallest absolute Gasteiger partial charge is 0.252 e. The highest BCUT2D eigenvalue weighted by Gasteiger charge is 2.12. The summed E-state index contributed by atoms with van der Waals surface area (Å²) in [6.07, 6.45) is 0. The molecule has 0 saturated heterocycles. The molecule has 2 aromatic rings. The van der Waals surface area contributed by atoms with E-state index < -0.39 is 0 Å². The molecule has 0 radical (unpaired) electrons. The Morgan fingerprint density at radius 2 is 1.46 bits per heavy atom. The van der Waals surface area contributed by atoms with Crippen LogP contribution in [0.2, 0.25) is 0 Å². The third-order valence-electron chi connectivity index (χ3n) is 3.23. The first-order chi connectivity index (χ1) is 11.6. The van der Waals surface area contributed by atoms with E-state index in [4.69, 9.17) is 0 Å². The molecule has 2 rings (SSSR count). The molecule has 2 N–H and O–H groups in total. The lowest BCUT2D eigenvalue weighted by atomic mass is 10.2. The SMILES string of the molecule is CC(C)Sc1ccccc1C(=O)NCCNC(=O)c1ccccc1. The summed E-state index contributed by atoms with van der Waals surface area (Å²) in [4.78, 5) is 25.2. The van der Waals surface area contributed by atoms with Crippen LogP contribution in [-0.4, -0.2) is 30.2 Å². The lowest BCUT2D eigenvalue weighted by Crippen LogP contribution is -2.34. The van der Waals surface area contributed by atoms with Crippen molar-refractivity contribution in [2.24, 2.45) is 0 Å². The van der Waals surface area contributed by atoms with Crippen LogP contribution in [0.3, 0.4) is 0 Å². The van der Waals surface area contributed by atoms with Gasteiger partial charge < -0.3 is 10.6 Å². The first-order valence-corrected chi connectivity index (χ1v) is 8.83. The maximum absolute atomic E-state index is 12.3. The molecule has 0 spiro atoms. The lowest BCUT2D eigenvalue weighted by Gasteiger charge is -2.12. The minimum absolute atomic E-state index is 0.118. The Morgan fingerprint density at radius 1 is 0.875 bits per heavy atom. The van der Waals surface area contributed by atoms with Crippen molar-refractivity contribution in [3.05, 3.63) is 65.7 Å². The van der Waals surface area contributed by atoms with Crippen molar-refractivity contribution in [3.63, 3.8) is 0 Å². The van der Waals surface area contributed by atoms with Gasteiger partial charge in [-0.2, -0.15) is 0 Å². The van der Waals surface area contributed by atoms with Gasteiger partial charge in [-0.05, 0) is 24.3 Å². The fourth-order valence-electron chi connectivity index (χ4n) is 2.15. The summed E-state index contributed by atoms with van der Waals surface area (Å²) in [5, 5.41) is 6.05. The van der Waals surface area contributed by atoms with E-state index >= 15 is 0 Å². The van der Waals surface area contributed by atoms with Gasteiger partial charge in [0.1, 0.15) is 0 Å². The van der Waals surface area contributed by atoms with Crippen LogP contribution in [0, 0.1) is 0 Å². The fraction of sp³-hybridized carbons (Fsp3) is 0.263. The standard InChI is InChI=1S/C19H22N2O2S/c1-14(2)24-17-11-7-6-10-16(17)19(23)21-13-12-20-18(22)15-8-4-3-5-9-15/h3-11,14H,12-13H2,1-2H3,(H,20,22)(H,21,23). The molecule has 0 aliphatic rings. The van der Waals surface area contributed by atoms with Crippen molar-refractivity contribution in [3.8, 4) is 0 Å². The van der Waals surface area contributed by atoms with Gasteiger partial charge in [0.15, 0.2) is 0 Å². The van der Waals surface area contributed by atoms with E-state index in [0.717, 1.165) is 4.90 Å². The maximum atomic E-state index is 12.3. The number of amides is 2. The van der Waals surface area contributed by atoms with Crippen molar-refractivity contribution in [1.29, 1.82) is 0 Å². The maximum Gasteiger partial charge on any atom is 0.252 e. The lowest BCUT2D eigenvalue weighted by molar-refractivity contribution is 0.0926. The largest absolute Gasteiger partial charge is 0.350 e. The number of hydrogen-bond donors (Lipinski definition) is 2. The van der Waals surface area contributed by atoms with Crippen molar-refractivity contribution in [2.45, 2.75) is 24.0 Å². The van der Waals surface area contributed by atoms with Crippen LogP contribution in [0.5, 0.6) is 0 Å². The van der Waals surface area contributed by atoms with E-state index in [-0.39, 0.29) is 11.8 Å². The molecule has 126 valence electrons. The Kier molecular flexibility index (Phi) is 6.88. The minimum Gasteiger partial charge on any atom is -0.350 e. The molecule has 2 aromatic carbocycles. The van der Waals surface area contributed by atoms with Gasteiger partial charge in [0.05, 0.1) is 5.56 Å². The number of thioether (sulfide) groups is 1. The minimum atomic E-state index is -0.138. The predicted octanol–water partition coefficient (Wildman–Crippen LogP) is 3.35. The Bertz CT molecular complexity index is 687. The Morgan fingerprint density at radius 3 is 2.12 bits per heavy atom. The van der Waals surface area contributed by atoms with E-state index in [1.54, 1.807) is 23.9 Å². The van der Waals surface area contributed by atoms with Crippen LogP contribution in [0.15, 0.2) is 59.5 Å². The zero-order valence-electron chi connectivity index (χ0n) is 13.9. The average molecular weight is 342 g/mol. The summed E-state index contributed by atoms with van der Waals surface area (Å²) in [6, 6.07) is 16.6. The van der Waals surface area contributed by atoms with Crippen molar-refractivity contribution in [1.82, 2.24) is 10.6 Å². The quantitative estimate of drug-likeness (QED) is 0.599. The van der Waals surface area contributed by atoms with E-state index in [0.29, 0.717) is 29.5 Å². The second-order valence-corrected chi connectivity index (χ2v) is 7.16. The van der Waals surface area contributed by atoms with Gasteiger partial charge in [-0.25, -0.2) is 0 Å². The van der Waals surface area contributed by atoms with Crippen LogP contribution in [-0.2, 0) is 0 Å². The van der Waals surface area contributed by atoms with Crippen LogP contribution in [0.4, 0.5) is 0 Å². The third-order valence-corrected chi connectivity index (χ3v) is 4.31. The van der Waals surface area contributed by atoms with Gasteiger partial charge >= 0.3 is 0 Å². The van der Waals surface area contributed by atoms with Crippen LogP contribution in [0.25, 0.3) is 0 Å². The molecule has 0 atom stereocenters. The Labute approximate surface area is 147 Å². The van der Waals surface area contributed by atoms with E-state index in [1.165, 1.54) is 0 Å². The predicted molar refractivity (Wildman–Crippen MR) is 98.5 cm³/mol. The number of benzene rings is 2. The molecule has 0 fully saturated rings. The van der Waals surface area contributed by atoms with Crippen LogP contribution >= 0.6 is 11.8 Å². The molecule has 0 aromatic heterocycles. The number of carbonyl (C=O) groups excluding carboxylic acids is 2. The molecule has 24 heavy (non-hydrogen) atoms. The second kappa shape index (κ2) is 9.13. The number of rotatable bonds is 7. The third kappa shape index (κ3) is 5.42. The monoisotopic (exact) mass is 342 g/mol.